The van der Waals surface area contributed by atoms with E-state index in [1.165, 1.54) is 51.9 Å². The van der Waals surface area contributed by atoms with E-state index in [0.29, 0.717) is 6.04 Å². The maximum atomic E-state index is 3.57. The molecule has 1 N–H and O–H groups in total. The lowest BCUT2D eigenvalue weighted by molar-refractivity contribution is 0.104. The number of hydrogen-bond acceptors (Lipinski definition) is 3. The summed E-state index contributed by atoms with van der Waals surface area (Å²) in [7, 11) is 2.30. The van der Waals surface area contributed by atoms with Gasteiger partial charge in [-0.25, -0.2) is 0 Å². The van der Waals surface area contributed by atoms with E-state index >= 15 is 0 Å². The van der Waals surface area contributed by atoms with Crippen LogP contribution in [0.25, 0.3) is 0 Å². The summed E-state index contributed by atoms with van der Waals surface area (Å²) >= 11 is 0. The van der Waals surface area contributed by atoms with Crippen LogP contribution in [0.2, 0.25) is 0 Å². The van der Waals surface area contributed by atoms with E-state index in [4.69, 9.17) is 0 Å². The molecule has 1 aliphatic rings. The highest BCUT2D eigenvalue weighted by Crippen LogP contribution is 2.16. The Labute approximate surface area is 114 Å². The molecule has 0 aromatic rings. The van der Waals surface area contributed by atoms with Crippen LogP contribution in [0.3, 0.4) is 0 Å². The molecule has 1 heterocycles. The summed E-state index contributed by atoms with van der Waals surface area (Å²) in [5.41, 5.74) is 0. The van der Waals surface area contributed by atoms with Crippen molar-refractivity contribution in [3.05, 3.63) is 0 Å². The molecule has 1 saturated heterocycles. The molecule has 1 fully saturated rings. The van der Waals surface area contributed by atoms with Crippen LogP contribution in [0, 0.1) is 0 Å². The second kappa shape index (κ2) is 8.89. The van der Waals surface area contributed by atoms with Gasteiger partial charge in [0.1, 0.15) is 0 Å². The van der Waals surface area contributed by atoms with Gasteiger partial charge in [-0.2, -0.15) is 0 Å². The first kappa shape index (κ1) is 15.9. The highest BCUT2D eigenvalue weighted by molar-refractivity contribution is 4.81. The fraction of sp³-hybridized carbons (Fsp3) is 1.00. The average molecular weight is 255 g/mol. The summed E-state index contributed by atoms with van der Waals surface area (Å²) in [6.07, 6.45) is 5.26. The summed E-state index contributed by atoms with van der Waals surface area (Å²) in [5.74, 6) is 0. The molecule has 3 heteroatoms. The van der Waals surface area contributed by atoms with Gasteiger partial charge in [-0.3, -0.25) is 4.90 Å². The highest BCUT2D eigenvalue weighted by atomic mass is 15.2. The number of nitrogens with one attached hydrogen (secondary N) is 1. The molecule has 0 aromatic heterocycles. The van der Waals surface area contributed by atoms with Crippen LogP contribution in [0.5, 0.6) is 0 Å². The van der Waals surface area contributed by atoms with Crippen LogP contribution in [0.15, 0.2) is 0 Å². The first-order chi connectivity index (χ1) is 8.69. The van der Waals surface area contributed by atoms with E-state index < -0.39 is 0 Å². The summed E-state index contributed by atoms with van der Waals surface area (Å²) < 4.78 is 0. The van der Waals surface area contributed by atoms with Crippen molar-refractivity contribution >= 4 is 0 Å². The molecule has 1 rings (SSSR count). The molecule has 0 bridgehead atoms. The summed E-state index contributed by atoms with van der Waals surface area (Å²) in [6, 6.07) is 1.44. The predicted molar refractivity (Wildman–Crippen MR) is 80.1 cm³/mol. The van der Waals surface area contributed by atoms with Gasteiger partial charge in [0.2, 0.25) is 0 Å². The molecule has 108 valence electrons. The SMILES string of the molecule is CCCCNCC(C)N(C)C1CCN(CC)CC1. The van der Waals surface area contributed by atoms with Gasteiger partial charge >= 0.3 is 0 Å². The zero-order valence-corrected chi connectivity index (χ0v) is 12.9. The van der Waals surface area contributed by atoms with E-state index in [1.54, 1.807) is 0 Å². The van der Waals surface area contributed by atoms with Gasteiger partial charge in [0.15, 0.2) is 0 Å². The van der Waals surface area contributed by atoms with Gasteiger partial charge in [-0.05, 0) is 59.4 Å². The lowest BCUT2D eigenvalue weighted by Gasteiger charge is -2.39. The number of rotatable bonds is 8. The van der Waals surface area contributed by atoms with Crippen molar-refractivity contribution in [1.82, 2.24) is 15.1 Å². The van der Waals surface area contributed by atoms with Crippen molar-refractivity contribution < 1.29 is 0 Å². The van der Waals surface area contributed by atoms with Crippen LogP contribution in [0.4, 0.5) is 0 Å². The fourth-order valence-electron chi connectivity index (χ4n) is 2.76. The molecule has 0 amide bonds. The van der Waals surface area contributed by atoms with Gasteiger partial charge in [-0.1, -0.05) is 20.3 Å². The molecule has 1 aliphatic heterocycles. The zero-order chi connectivity index (χ0) is 13.4. The summed E-state index contributed by atoms with van der Waals surface area (Å²) in [5, 5.41) is 3.57. The van der Waals surface area contributed by atoms with Crippen LogP contribution >= 0.6 is 0 Å². The van der Waals surface area contributed by atoms with Crippen molar-refractivity contribution in [2.24, 2.45) is 0 Å². The van der Waals surface area contributed by atoms with Gasteiger partial charge in [0, 0.05) is 18.6 Å². The van der Waals surface area contributed by atoms with E-state index in [1.807, 2.05) is 0 Å². The number of likely N-dealkylation sites (tertiary alicyclic amines) is 1. The highest BCUT2D eigenvalue weighted by Gasteiger charge is 2.24. The number of piperidine rings is 1. The van der Waals surface area contributed by atoms with Gasteiger partial charge in [0.05, 0.1) is 0 Å². The van der Waals surface area contributed by atoms with Crippen molar-refractivity contribution in [2.45, 2.75) is 58.5 Å². The Balaban J connectivity index is 2.20. The topological polar surface area (TPSA) is 18.5 Å². The molecule has 3 nitrogen and oxygen atoms in total. The molecule has 0 spiro atoms. The van der Waals surface area contributed by atoms with E-state index in [-0.39, 0.29) is 0 Å². The van der Waals surface area contributed by atoms with Gasteiger partial charge in [-0.15, -0.1) is 0 Å². The Kier molecular flexibility index (Phi) is 7.87. The van der Waals surface area contributed by atoms with Crippen molar-refractivity contribution in [3.8, 4) is 0 Å². The minimum atomic E-state index is 0.653. The predicted octanol–water partition coefficient (Wildman–Crippen LogP) is 2.18. The first-order valence-electron chi connectivity index (χ1n) is 7.84. The zero-order valence-electron chi connectivity index (χ0n) is 12.9. The number of likely N-dealkylation sites (N-methyl/N-ethyl adjacent to an activating group) is 1. The number of unbranched alkanes of at least 4 members (excludes halogenated alkanes) is 1. The maximum Gasteiger partial charge on any atom is 0.0192 e. The lowest BCUT2D eigenvalue weighted by atomic mass is 10.0. The molecule has 1 unspecified atom stereocenters. The third kappa shape index (κ3) is 5.25. The van der Waals surface area contributed by atoms with Crippen molar-refractivity contribution in [2.75, 3.05) is 39.8 Å². The monoisotopic (exact) mass is 255 g/mol. The normalized spacial score (nSPS) is 20.5. The summed E-state index contributed by atoms with van der Waals surface area (Å²) in [6.45, 7) is 12.9. The minimum Gasteiger partial charge on any atom is -0.315 e. The lowest BCUT2D eigenvalue weighted by Crippen LogP contribution is -2.49. The molecule has 0 aliphatic carbocycles. The quantitative estimate of drug-likeness (QED) is 0.671. The standard InChI is InChI=1S/C15H33N3/c1-5-7-10-16-13-14(3)17(4)15-8-11-18(6-2)12-9-15/h14-16H,5-13H2,1-4H3. The smallest absolute Gasteiger partial charge is 0.0192 e. The van der Waals surface area contributed by atoms with Gasteiger partial charge in [0.25, 0.3) is 0 Å². The third-order valence-corrected chi connectivity index (χ3v) is 4.42. The van der Waals surface area contributed by atoms with E-state index in [9.17, 15) is 0 Å². The van der Waals surface area contributed by atoms with Gasteiger partial charge < -0.3 is 10.2 Å². The molecule has 1 atom stereocenters. The minimum absolute atomic E-state index is 0.653. The Bertz CT molecular complexity index is 200. The van der Waals surface area contributed by atoms with Crippen LogP contribution in [-0.4, -0.2) is 61.7 Å². The number of hydrogen-bond donors (Lipinski definition) is 1. The van der Waals surface area contributed by atoms with E-state index in [0.717, 1.165) is 12.6 Å². The van der Waals surface area contributed by atoms with Crippen LogP contribution < -0.4 is 5.32 Å². The van der Waals surface area contributed by atoms with Crippen LogP contribution in [-0.2, 0) is 0 Å². The third-order valence-electron chi connectivity index (χ3n) is 4.42. The second-order valence-electron chi connectivity index (χ2n) is 5.74. The molecule has 0 saturated carbocycles. The fourth-order valence-corrected chi connectivity index (χ4v) is 2.76. The van der Waals surface area contributed by atoms with Crippen LogP contribution in [0.1, 0.15) is 46.5 Å². The average Bonchev–Trinajstić information content (AvgIpc) is 2.42. The van der Waals surface area contributed by atoms with E-state index in [2.05, 4.69) is 42.9 Å². The Morgan fingerprint density at radius 2 is 1.94 bits per heavy atom. The van der Waals surface area contributed by atoms with Crippen molar-refractivity contribution in [3.63, 3.8) is 0 Å². The largest absolute Gasteiger partial charge is 0.315 e. The molecular weight excluding hydrogens is 222 g/mol. The Morgan fingerprint density at radius 3 is 2.50 bits per heavy atom. The summed E-state index contributed by atoms with van der Waals surface area (Å²) in [4.78, 5) is 5.15. The molecule has 18 heavy (non-hydrogen) atoms. The first-order valence-corrected chi connectivity index (χ1v) is 7.84. The number of nitrogens with zero attached hydrogens (tertiary/aromatic N) is 2. The second-order valence-corrected chi connectivity index (χ2v) is 5.74. The molecule has 0 radical (unpaired) electrons. The molecular formula is C15H33N3. The maximum absolute atomic E-state index is 3.57. The molecule has 0 aromatic carbocycles. The van der Waals surface area contributed by atoms with Crippen molar-refractivity contribution in [1.29, 1.82) is 0 Å². The Hall–Kier alpha value is -0.120. The Morgan fingerprint density at radius 1 is 1.28 bits per heavy atom.